The van der Waals surface area contributed by atoms with Gasteiger partial charge in [0.05, 0.1) is 18.9 Å². The Bertz CT molecular complexity index is 931. The van der Waals surface area contributed by atoms with E-state index in [4.69, 9.17) is 4.74 Å². The van der Waals surface area contributed by atoms with E-state index in [1.807, 2.05) is 60.7 Å². The zero-order chi connectivity index (χ0) is 19.5. The largest absolute Gasteiger partial charge is 0.480 e. The Morgan fingerprint density at radius 1 is 1.04 bits per heavy atom. The van der Waals surface area contributed by atoms with E-state index in [0.29, 0.717) is 5.82 Å². The number of rotatable bonds is 4. The van der Waals surface area contributed by atoms with Crippen molar-refractivity contribution in [1.82, 2.24) is 19.7 Å². The molecule has 4 rings (SSSR count). The number of carbonyl (C=O) groups excluding carboxylic acids is 1. The Balaban J connectivity index is 1.77. The summed E-state index contributed by atoms with van der Waals surface area (Å²) in [6.07, 6.45) is 0. The van der Waals surface area contributed by atoms with E-state index in [1.54, 1.807) is 4.68 Å². The maximum Gasteiger partial charge on any atom is 0.328 e. The van der Waals surface area contributed by atoms with Gasteiger partial charge in [-0.25, -0.2) is 14.5 Å². The van der Waals surface area contributed by atoms with Crippen LogP contribution >= 0.6 is 0 Å². The summed E-state index contributed by atoms with van der Waals surface area (Å²) in [7, 11) is 0. The Morgan fingerprint density at radius 3 is 2.39 bits per heavy atom. The van der Waals surface area contributed by atoms with Gasteiger partial charge in [0.2, 0.25) is 5.82 Å². The van der Waals surface area contributed by atoms with E-state index in [1.165, 1.54) is 4.90 Å². The van der Waals surface area contributed by atoms with Crippen molar-refractivity contribution < 1.29 is 19.4 Å². The highest BCUT2D eigenvalue weighted by atomic mass is 16.5. The molecule has 1 atom stereocenters. The van der Waals surface area contributed by atoms with Crippen LogP contribution in [0.25, 0.3) is 17.1 Å². The molecule has 0 bridgehead atoms. The number of morpholine rings is 1. The SMILES string of the molecule is O=C(O)[C@H]1COCCN1C(=O)c1nc(-c2ccccc2)n(-c2ccccc2)n1. The number of aliphatic carboxylic acids is 1. The smallest absolute Gasteiger partial charge is 0.328 e. The second-order valence-electron chi connectivity index (χ2n) is 6.30. The highest BCUT2D eigenvalue weighted by Gasteiger charge is 2.35. The first kappa shape index (κ1) is 17.9. The van der Waals surface area contributed by atoms with Crippen LogP contribution in [0.2, 0.25) is 0 Å². The van der Waals surface area contributed by atoms with Crippen molar-refractivity contribution in [3.63, 3.8) is 0 Å². The third-order valence-corrected chi connectivity index (χ3v) is 4.51. The molecule has 0 spiro atoms. The number of nitrogens with zero attached hydrogens (tertiary/aromatic N) is 4. The molecule has 0 aliphatic carbocycles. The maximum absolute atomic E-state index is 13.0. The Labute approximate surface area is 161 Å². The van der Waals surface area contributed by atoms with Crippen LogP contribution in [0.15, 0.2) is 60.7 Å². The Kier molecular flexibility index (Phi) is 4.86. The van der Waals surface area contributed by atoms with Crippen LogP contribution in [-0.2, 0) is 9.53 Å². The number of carbonyl (C=O) groups is 2. The van der Waals surface area contributed by atoms with Gasteiger partial charge in [0.15, 0.2) is 11.9 Å². The monoisotopic (exact) mass is 378 g/mol. The summed E-state index contributed by atoms with van der Waals surface area (Å²) >= 11 is 0. The van der Waals surface area contributed by atoms with Crippen molar-refractivity contribution in [2.24, 2.45) is 0 Å². The third-order valence-electron chi connectivity index (χ3n) is 4.51. The summed E-state index contributed by atoms with van der Waals surface area (Å²) in [5.41, 5.74) is 1.55. The highest BCUT2D eigenvalue weighted by Crippen LogP contribution is 2.22. The second-order valence-corrected chi connectivity index (χ2v) is 6.30. The maximum atomic E-state index is 13.0. The van der Waals surface area contributed by atoms with Gasteiger partial charge in [0.1, 0.15) is 0 Å². The lowest BCUT2D eigenvalue weighted by atomic mass is 10.2. The van der Waals surface area contributed by atoms with Gasteiger partial charge in [-0.15, -0.1) is 5.10 Å². The van der Waals surface area contributed by atoms with Crippen LogP contribution in [0.5, 0.6) is 0 Å². The molecule has 1 amide bonds. The minimum Gasteiger partial charge on any atom is -0.480 e. The van der Waals surface area contributed by atoms with Gasteiger partial charge >= 0.3 is 5.97 Å². The van der Waals surface area contributed by atoms with Gasteiger partial charge < -0.3 is 14.7 Å². The Hall–Kier alpha value is -3.52. The molecule has 1 saturated heterocycles. The van der Waals surface area contributed by atoms with Crippen molar-refractivity contribution in [3.8, 4) is 17.1 Å². The first-order valence-corrected chi connectivity index (χ1v) is 8.84. The number of hydrogen-bond donors (Lipinski definition) is 1. The van der Waals surface area contributed by atoms with Gasteiger partial charge in [0.25, 0.3) is 5.91 Å². The first-order chi connectivity index (χ1) is 13.6. The number of para-hydroxylation sites is 1. The lowest BCUT2D eigenvalue weighted by Gasteiger charge is -2.31. The highest BCUT2D eigenvalue weighted by molar-refractivity contribution is 5.94. The lowest BCUT2D eigenvalue weighted by molar-refractivity contribution is -0.147. The van der Waals surface area contributed by atoms with E-state index in [0.717, 1.165) is 11.3 Å². The Morgan fingerprint density at radius 2 is 1.71 bits per heavy atom. The number of carboxylic acid groups (broad SMARTS) is 1. The van der Waals surface area contributed by atoms with Crippen LogP contribution in [0, 0.1) is 0 Å². The zero-order valence-corrected chi connectivity index (χ0v) is 14.9. The first-order valence-electron chi connectivity index (χ1n) is 8.84. The molecule has 1 aromatic heterocycles. The summed E-state index contributed by atoms with van der Waals surface area (Å²) in [5.74, 6) is -1.17. The molecule has 2 heterocycles. The molecule has 0 radical (unpaired) electrons. The predicted octanol–water partition coefficient (Wildman–Crippen LogP) is 1.86. The van der Waals surface area contributed by atoms with Gasteiger partial charge in [-0.05, 0) is 12.1 Å². The fourth-order valence-corrected chi connectivity index (χ4v) is 3.11. The molecule has 2 aromatic carbocycles. The van der Waals surface area contributed by atoms with Crippen LogP contribution in [0.3, 0.4) is 0 Å². The van der Waals surface area contributed by atoms with E-state index >= 15 is 0 Å². The molecule has 0 saturated carbocycles. The van der Waals surface area contributed by atoms with Crippen molar-refractivity contribution in [2.75, 3.05) is 19.8 Å². The number of ether oxygens (including phenoxy) is 1. The van der Waals surface area contributed by atoms with Crippen LogP contribution in [0.1, 0.15) is 10.6 Å². The van der Waals surface area contributed by atoms with Gasteiger partial charge in [-0.3, -0.25) is 4.79 Å². The zero-order valence-electron chi connectivity index (χ0n) is 14.9. The van der Waals surface area contributed by atoms with Crippen molar-refractivity contribution in [2.45, 2.75) is 6.04 Å². The minimum absolute atomic E-state index is 0.0455. The molecule has 28 heavy (non-hydrogen) atoms. The van der Waals surface area contributed by atoms with E-state index in [-0.39, 0.29) is 25.6 Å². The number of benzene rings is 2. The van der Waals surface area contributed by atoms with Crippen LogP contribution in [0.4, 0.5) is 0 Å². The number of carboxylic acids is 1. The average molecular weight is 378 g/mol. The predicted molar refractivity (Wildman–Crippen MR) is 100 cm³/mol. The summed E-state index contributed by atoms with van der Waals surface area (Å²) in [4.78, 5) is 30.2. The van der Waals surface area contributed by atoms with Crippen LogP contribution in [-0.4, -0.2) is 62.4 Å². The van der Waals surface area contributed by atoms with E-state index < -0.39 is 17.9 Å². The van der Waals surface area contributed by atoms with E-state index in [9.17, 15) is 14.7 Å². The molecule has 0 unspecified atom stereocenters. The number of hydrogen-bond acceptors (Lipinski definition) is 5. The quantitative estimate of drug-likeness (QED) is 0.744. The fourth-order valence-electron chi connectivity index (χ4n) is 3.11. The fraction of sp³-hybridized carbons (Fsp3) is 0.200. The molecule has 8 nitrogen and oxygen atoms in total. The minimum atomic E-state index is -1.11. The lowest BCUT2D eigenvalue weighted by Crippen LogP contribution is -2.52. The van der Waals surface area contributed by atoms with Gasteiger partial charge in [0, 0.05) is 12.1 Å². The topological polar surface area (TPSA) is 97.5 Å². The van der Waals surface area contributed by atoms with Crippen molar-refractivity contribution in [3.05, 3.63) is 66.5 Å². The standard InChI is InChI=1S/C20H18N4O4/c25-19(23-11-12-28-13-16(23)20(26)27)17-21-18(14-7-3-1-4-8-14)24(22-17)15-9-5-2-6-10-15/h1-10,16H,11-13H2,(H,26,27)/t16-/m1/s1. The molecule has 8 heteroatoms. The number of aromatic nitrogens is 3. The molecule has 1 aliphatic heterocycles. The molecule has 1 aliphatic rings. The molecular weight excluding hydrogens is 360 g/mol. The molecular formula is C20H18N4O4. The molecule has 3 aromatic rings. The van der Waals surface area contributed by atoms with Gasteiger partial charge in [-0.1, -0.05) is 48.5 Å². The average Bonchev–Trinajstić information content (AvgIpc) is 3.20. The van der Waals surface area contributed by atoms with E-state index in [2.05, 4.69) is 10.1 Å². The third kappa shape index (κ3) is 3.37. The summed E-state index contributed by atoms with van der Waals surface area (Å²) in [6.45, 7) is 0.406. The number of amides is 1. The van der Waals surface area contributed by atoms with Crippen molar-refractivity contribution >= 4 is 11.9 Å². The molecule has 142 valence electrons. The van der Waals surface area contributed by atoms with Gasteiger partial charge in [-0.2, -0.15) is 0 Å². The summed E-state index contributed by atoms with van der Waals surface area (Å²) in [6, 6.07) is 17.7. The van der Waals surface area contributed by atoms with Crippen molar-refractivity contribution in [1.29, 1.82) is 0 Å². The normalized spacial score (nSPS) is 16.7. The van der Waals surface area contributed by atoms with Crippen LogP contribution < -0.4 is 0 Å². The summed E-state index contributed by atoms with van der Waals surface area (Å²) in [5, 5.41) is 13.8. The molecule has 1 fully saturated rings. The molecule has 1 N–H and O–H groups in total. The second kappa shape index (κ2) is 7.61. The summed E-state index contributed by atoms with van der Waals surface area (Å²) < 4.78 is 6.80.